The molecule has 4 nitrogen and oxygen atoms in total. The van der Waals surface area contributed by atoms with Gasteiger partial charge in [0.25, 0.3) is 0 Å². The number of methoxy groups -OCH3 is 1. The zero-order valence-electron chi connectivity index (χ0n) is 12.7. The zero-order chi connectivity index (χ0) is 14.8. The fourth-order valence-electron chi connectivity index (χ4n) is 3.28. The normalized spacial score (nSPS) is 19.0. The molecule has 0 saturated carbocycles. The SMILES string of the molecule is COc1cccc2c(N3CCC[C@@H](CO)C3)c(C)cnc12. The minimum Gasteiger partial charge on any atom is -0.494 e. The van der Waals surface area contributed by atoms with E-state index >= 15 is 0 Å². The molecule has 1 aromatic heterocycles. The van der Waals surface area contributed by atoms with E-state index in [4.69, 9.17) is 4.74 Å². The van der Waals surface area contributed by atoms with Crippen LogP contribution in [0.25, 0.3) is 10.9 Å². The Hall–Kier alpha value is -1.81. The number of fused-ring (bicyclic) bond motifs is 1. The van der Waals surface area contributed by atoms with Crippen LogP contribution in [0.1, 0.15) is 18.4 Å². The minimum atomic E-state index is 0.266. The van der Waals surface area contributed by atoms with Crippen molar-refractivity contribution in [3.63, 3.8) is 0 Å². The van der Waals surface area contributed by atoms with E-state index in [9.17, 15) is 5.11 Å². The lowest BCUT2D eigenvalue weighted by molar-refractivity contribution is 0.209. The molecular formula is C17H22N2O2. The highest BCUT2D eigenvalue weighted by atomic mass is 16.5. The van der Waals surface area contributed by atoms with Gasteiger partial charge < -0.3 is 14.7 Å². The lowest BCUT2D eigenvalue weighted by Crippen LogP contribution is -2.37. The molecular weight excluding hydrogens is 264 g/mol. The van der Waals surface area contributed by atoms with Gasteiger partial charge in [-0.25, -0.2) is 0 Å². The largest absolute Gasteiger partial charge is 0.494 e. The molecule has 0 radical (unpaired) electrons. The van der Waals surface area contributed by atoms with Crippen molar-refractivity contribution in [1.82, 2.24) is 4.98 Å². The predicted molar refractivity (Wildman–Crippen MR) is 85.1 cm³/mol. The summed E-state index contributed by atoms with van der Waals surface area (Å²) in [6, 6.07) is 6.07. The zero-order valence-corrected chi connectivity index (χ0v) is 12.7. The van der Waals surface area contributed by atoms with Gasteiger partial charge in [-0.3, -0.25) is 4.98 Å². The average molecular weight is 286 g/mol. The van der Waals surface area contributed by atoms with Crippen molar-refractivity contribution in [3.8, 4) is 5.75 Å². The first-order valence-corrected chi connectivity index (χ1v) is 7.52. The third kappa shape index (κ3) is 2.56. The number of anilines is 1. The molecule has 1 fully saturated rings. The molecule has 4 heteroatoms. The van der Waals surface area contributed by atoms with E-state index in [-0.39, 0.29) is 6.61 Å². The van der Waals surface area contributed by atoms with Crippen LogP contribution < -0.4 is 9.64 Å². The van der Waals surface area contributed by atoms with Gasteiger partial charge >= 0.3 is 0 Å². The van der Waals surface area contributed by atoms with Crippen LogP contribution in [0.2, 0.25) is 0 Å². The minimum absolute atomic E-state index is 0.266. The topological polar surface area (TPSA) is 45.6 Å². The maximum absolute atomic E-state index is 9.46. The average Bonchev–Trinajstić information content (AvgIpc) is 2.54. The summed E-state index contributed by atoms with van der Waals surface area (Å²) in [4.78, 5) is 6.94. The third-order valence-electron chi connectivity index (χ3n) is 4.33. The van der Waals surface area contributed by atoms with Gasteiger partial charge in [-0.15, -0.1) is 0 Å². The number of rotatable bonds is 3. The Morgan fingerprint density at radius 3 is 3.05 bits per heavy atom. The Labute approximate surface area is 125 Å². The Bertz CT molecular complexity index is 642. The van der Waals surface area contributed by atoms with E-state index < -0.39 is 0 Å². The van der Waals surface area contributed by atoms with Crippen molar-refractivity contribution < 1.29 is 9.84 Å². The number of para-hydroxylation sites is 1. The number of pyridine rings is 1. The van der Waals surface area contributed by atoms with Gasteiger partial charge in [-0.1, -0.05) is 12.1 Å². The van der Waals surface area contributed by atoms with Gasteiger partial charge in [0.15, 0.2) is 0 Å². The molecule has 0 aliphatic carbocycles. The summed E-state index contributed by atoms with van der Waals surface area (Å²) in [7, 11) is 1.68. The molecule has 0 bridgehead atoms. The molecule has 1 aliphatic heterocycles. The molecule has 1 aromatic carbocycles. The second-order valence-corrected chi connectivity index (χ2v) is 5.78. The van der Waals surface area contributed by atoms with E-state index in [0.717, 1.165) is 42.6 Å². The van der Waals surface area contributed by atoms with Crippen molar-refractivity contribution in [2.45, 2.75) is 19.8 Å². The standard InChI is InChI=1S/C17H22N2O2/c1-12-9-18-16-14(6-3-7-15(16)21-2)17(12)19-8-4-5-13(10-19)11-20/h3,6-7,9,13,20H,4-5,8,10-11H2,1-2H3/t13-/m1/s1. The van der Waals surface area contributed by atoms with Gasteiger partial charge in [0.1, 0.15) is 11.3 Å². The van der Waals surface area contributed by atoms with Crippen LogP contribution in [-0.2, 0) is 0 Å². The van der Waals surface area contributed by atoms with Gasteiger partial charge in [-0.2, -0.15) is 0 Å². The summed E-state index contributed by atoms with van der Waals surface area (Å²) < 4.78 is 5.43. The quantitative estimate of drug-likeness (QED) is 0.942. The summed E-state index contributed by atoms with van der Waals surface area (Å²) in [5.41, 5.74) is 3.32. The molecule has 21 heavy (non-hydrogen) atoms. The summed E-state index contributed by atoms with van der Waals surface area (Å²) in [5.74, 6) is 1.18. The van der Waals surface area contributed by atoms with E-state index in [0.29, 0.717) is 5.92 Å². The Morgan fingerprint density at radius 2 is 2.29 bits per heavy atom. The van der Waals surface area contributed by atoms with Gasteiger partial charge in [0.05, 0.1) is 12.8 Å². The van der Waals surface area contributed by atoms with Crippen LogP contribution >= 0.6 is 0 Å². The van der Waals surface area contributed by atoms with E-state index in [1.807, 2.05) is 18.3 Å². The summed E-state index contributed by atoms with van der Waals surface area (Å²) in [6.07, 6.45) is 4.15. The number of benzene rings is 1. The van der Waals surface area contributed by atoms with Gasteiger partial charge in [0.2, 0.25) is 0 Å². The van der Waals surface area contributed by atoms with Crippen LogP contribution in [0.3, 0.4) is 0 Å². The number of aliphatic hydroxyl groups excluding tert-OH is 1. The third-order valence-corrected chi connectivity index (χ3v) is 4.33. The molecule has 1 aliphatic rings. The Balaban J connectivity index is 2.10. The highest BCUT2D eigenvalue weighted by Crippen LogP contribution is 2.35. The molecule has 1 atom stereocenters. The monoisotopic (exact) mass is 286 g/mol. The fourth-order valence-corrected chi connectivity index (χ4v) is 3.28. The van der Waals surface area contributed by atoms with Crippen LogP contribution in [0.5, 0.6) is 5.75 Å². The van der Waals surface area contributed by atoms with Crippen molar-refractivity contribution in [1.29, 1.82) is 0 Å². The van der Waals surface area contributed by atoms with E-state index in [1.54, 1.807) is 7.11 Å². The summed E-state index contributed by atoms with van der Waals surface area (Å²) in [5, 5.41) is 10.6. The molecule has 1 N–H and O–H groups in total. The smallest absolute Gasteiger partial charge is 0.145 e. The molecule has 2 heterocycles. The number of aliphatic hydroxyl groups is 1. The second-order valence-electron chi connectivity index (χ2n) is 5.78. The molecule has 112 valence electrons. The molecule has 0 spiro atoms. The van der Waals surface area contributed by atoms with Crippen LogP contribution in [0.15, 0.2) is 24.4 Å². The maximum atomic E-state index is 9.46. The lowest BCUT2D eigenvalue weighted by atomic mass is 9.97. The highest BCUT2D eigenvalue weighted by molar-refractivity contribution is 5.96. The molecule has 2 aromatic rings. The first kappa shape index (κ1) is 14.1. The number of aryl methyl sites for hydroxylation is 1. The highest BCUT2D eigenvalue weighted by Gasteiger charge is 2.22. The fraction of sp³-hybridized carbons (Fsp3) is 0.471. The Kier molecular flexibility index (Phi) is 3.97. The maximum Gasteiger partial charge on any atom is 0.145 e. The number of hydrogen-bond acceptors (Lipinski definition) is 4. The van der Waals surface area contributed by atoms with Crippen molar-refractivity contribution >= 4 is 16.6 Å². The molecule has 0 unspecified atom stereocenters. The van der Waals surface area contributed by atoms with Crippen LogP contribution in [-0.4, -0.2) is 36.9 Å². The molecule has 0 amide bonds. The lowest BCUT2D eigenvalue weighted by Gasteiger charge is -2.35. The first-order valence-electron chi connectivity index (χ1n) is 7.52. The number of aromatic nitrogens is 1. The van der Waals surface area contributed by atoms with E-state index in [2.05, 4.69) is 22.9 Å². The number of ether oxygens (including phenoxy) is 1. The number of piperidine rings is 1. The van der Waals surface area contributed by atoms with Gasteiger partial charge in [-0.05, 0) is 37.3 Å². The molecule has 3 rings (SSSR count). The van der Waals surface area contributed by atoms with Crippen molar-refractivity contribution in [2.75, 3.05) is 31.7 Å². The molecule has 1 saturated heterocycles. The van der Waals surface area contributed by atoms with Crippen LogP contribution in [0.4, 0.5) is 5.69 Å². The van der Waals surface area contributed by atoms with Crippen molar-refractivity contribution in [2.24, 2.45) is 5.92 Å². The van der Waals surface area contributed by atoms with E-state index in [1.165, 1.54) is 11.3 Å². The summed E-state index contributed by atoms with van der Waals surface area (Å²) >= 11 is 0. The van der Waals surface area contributed by atoms with Crippen molar-refractivity contribution in [3.05, 3.63) is 30.0 Å². The predicted octanol–water partition coefficient (Wildman–Crippen LogP) is 2.76. The summed E-state index contributed by atoms with van der Waals surface area (Å²) in [6.45, 7) is 4.31. The second kappa shape index (κ2) is 5.90. The van der Waals surface area contributed by atoms with Gasteiger partial charge in [0, 0.05) is 31.3 Å². The Morgan fingerprint density at radius 1 is 1.43 bits per heavy atom. The van der Waals surface area contributed by atoms with Crippen LogP contribution in [0, 0.1) is 12.8 Å². The number of nitrogens with zero attached hydrogens (tertiary/aromatic N) is 2. The number of hydrogen-bond donors (Lipinski definition) is 1. The first-order chi connectivity index (χ1) is 10.2.